The molecule has 0 saturated heterocycles. The number of anilines is 2. The van der Waals surface area contributed by atoms with E-state index in [-0.39, 0.29) is 30.3 Å². The van der Waals surface area contributed by atoms with Gasteiger partial charge in [0.25, 0.3) is 5.56 Å². The van der Waals surface area contributed by atoms with Crippen molar-refractivity contribution < 1.29 is 9.21 Å². The Morgan fingerprint density at radius 2 is 1.94 bits per heavy atom. The van der Waals surface area contributed by atoms with Gasteiger partial charge in [0.1, 0.15) is 5.82 Å². The van der Waals surface area contributed by atoms with Crippen molar-refractivity contribution in [1.29, 1.82) is 0 Å². The number of oxazole rings is 1. The van der Waals surface area contributed by atoms with E-state index in [2.05, 4.69) is 9.97 Å². The minimum atomic E-state index is -0.673. The molecule has 0 unspecified atom stereocenters. The third kappa shape index (κ3) is 5.73. The van der Waals surface area contributed by atoms with Gasteiger partial charge >= 0.3 is 5.69 Å². The van der Waals surface area contributed by atoms with Crippen LogP contribution in [0.15, 0.2) is 44.5 Å². The number of carbonyl (C=O) groups excluding carboxylic acids is 1. The molecule has 3 aromatic rings. The monoisotopic (exact) mass is 473 g/mol. The maximum atomic E-state index is 13.1. The minimum absolute atomic E-state index is 0.000137. The van der Waals surface area contributed by atoms with Crippen molar-refractivity contribution in [3.8, 4) is 11.3 Å². The van der Waals surface area contributed by atoms with Crippen LogP contribution in [0.1, 0.15) is 45.4 Å². The summed E-state index contributed by atoms with van der Waals surface area (Å²) in [5.74, 6) is 0.670. The molecule has 0 aliphatic carbocycles. The largest absolute Gasteiger partial charge is 0.441 e. The third-order valence-electron chi connectivity index (χ3n) is 5.20. The highest BCUT2D eigenvalue weighted by atomic mass is 35.5. The van der Waals surface area contributed by atoms with Crippen molar-refractivity contribution in [3.63, 3.8) is 0 Å². The number of benzene rings is 1. The van der Waals surface area contributed by atoms with Crippen molar-refractivity contribution in [3.05, 3.63) is 62.2 Å². The number of carbonyl (C=O) groups is 1. The summed E-state index contributed by atoms with van der Waals surface area (Å²) in [6.07, 6.45) is 4.09. The topological polar surface area (TPSA) is 127 Å². The number of aromatic nitrogens is 3. The number of hydrogen-bond acceptors (Lipinski definition) is 6. The standard InChI is InChI=1S/C23H28ClN5O4/c1-3-5-13-29-21(25)20(22(31)27-23(29)32)28(12-4-2)19(30)11-10-18-26-14-17(33-18)15-6-8-16(24)9-7-15/h6-9,14H,3-5,10-13,25H2,1-2H3,(H,27,31,32). The zero-order valence-corrected chi connectivity index (χ0v) is 19.5. The lowest BCUT2D eigenvalue weighted by molar-refractivity contribution is -0.118. The van der Waals surface area contributed by atoms with Gasteiger partial charge in [-0.25, -0.2) is 9.78 Å². The fourth-order valence-electron chi connectivity index (χ4n) is 3.48. The first kappa shape index (κ1) is 24.3. The van der Waals surface area contributed by atoms with Crippen LogP contribution in [0.4, 0.5) is 11.5 Å². The fourth-order valence-corrected chi connectivity index (χ4v) is 3.61. The van der Waals surface area contributed by atoms with Gasteiger partial charge in [0.15, 0.2) is 17.3 Å². The average Bonchev–Trinajstić information content (AvgIpc) is 3.26. The molecule has 176 valence electrons. The molecule has 0 spiro atoms. The van der Waals surface area contributed by atoms with E-state index in [1.54, 1.807) is 18.3 Å². The maximum absolute atomic E-state index is 13.1. The summed E-state index contributed by atoms with van der Waals surface area (Å²) in [7, 11) is 0. The molecule has 1 amide bonds. The van der Waals surface area contributed by atoms with Crippen LogP contribution < -0.4 is 21.9 Å². The van der Waals surface area contributed by atoms with Crippen molar-refractivity contribution in [2.75, 3.05) is 17.2 Å². The summed E-state index contributed by atoms with van der Waals surface area (Å²) in [6.45, 7) is 4.54. The Hall–Kier alpha value is -3.33. The number of amides is 1. The molecule has 0 atom stereocenters. The number of nitrogens with one attached hydrogen (secondary N) is 1. The average molecular weight is 474 g/mol. The van der Waals surface area contributed by atoms with Crippen LogP contribution >= 0.6 is 11.6 Å². The number of nitrogens with two attached hydrogens (primary N) is 1. The number of unbranched alkanes of at least 4 members (excludes halogenated alkanes) is 1. The third-order valence-corrected chi connectivity index (χ3v) is 5.45. The second-order valence-electron chi connectivity index (χ2n) is 7.67. The lowest BCUT2D eigenvalue weighted by Gasteiger charge is -2.24. The van der Waals surface area contributed by atoms with E-state index in [1.165, 1.54) is 9.47 Å². The van der Waals surface area contributed by atoms with Crippen LogP contribution in [0.5, 0.6) is 0 Å². The Bertz CT molecular complexity index is 1210. The molecule has 0 radical (unpaired) electrons. The lowest BCUT2D eigenvalue weighted by atomic mass is 10.2. The summed E-state index contributed by atoms with van der Waals surface area (Å²) in [6, 6.07) is 7.16. The molecule has 3 N–H and O–H groups in total. The van der Waals surface area contributed by atoms with Crippen molar-refractivity contribution in [2.45, 2.75) is 52.5 Å². The molecule has 10 heteroatoms. The zero-order chi connectivity index (χ0) is 24.0. The SMILES string of the molecule is CCCCn1c(N)c(N(CCC)C(=O)CCc2ncc(-c3ccc(Cl)cc3)o2)c(=O)[nH]c1=O. The smallest absolute Gasteiger partial charge is 0.330 e. The summed E-state index contributed by atoms with van der Waals surface area (Å²) in [5, 5.41) is 0.621. The molecule has 0 aliphatic rings. The summed E-state index contributed by atoms with van der Waals surface area (Å²) in [4.78, 5) is 45.8. The van der Waals surface area contributed by atoms with E-state index < -0.39 is 11.2 Å². The number of rotatable bonds is 10. The van der Waals surface area contributed by atoms with Gasteiger partial charge < -0.3 is 15.1 Å². The first-order valence-corrected chi connectivity index (χ1v) is 11.4. The molecular weight excluding hydrogens is 446 g/mol. The van der Waals surface area contributed by atoms with Gasteiger partial charge in [0.05, 0.1) is 6.20 Å². The van der Waals surface area contributed by atoms with Crippen molar-refractivity contribution in [2.24, 2.45) is 0 Å². The Morgan fingerprint density at radius 3 is 2.61 bits per heavy atom. The second kappa shape index (κ2) is 11.0. The number of aromatic amines is 1. The van der Waals surface area contributed by atoms with Gasteiger partial charge in [-0.15, -0.1) is 0 Å². The fraction of sp³-hybridized carbons (Fsp3) is 0.391. The van der Waals surface area contributed by atoms with E-state index >= 15 is 0 Å². The van der Waals surface area contributed by atoms with Crippen molar-refractivity contribution in [1.82, 2.24) is 14.5 Å². The molecule has 0 fully saturated rings. The van der Waals surface area contributed by atoms with E-state index in [9.17, 15) is 14.4 Å². The minimum Gasteiger partial charge on any atom is -0.441 e. The lowest BCUT2D eigenvalue weighted by Crippen LogP contribution is -2.41. The predicted molar refractivity (Wildman–Crippen MR) is 129 cm³/mol. The molecule has 0 saturated carbocycles. The van der Waals surface area contributed by atoms with Crippen LogP contribution in [0, 0.1) is 0 Å². The quantitative estimate of drug-likeness (QED) is 0.463. The normalized spacial score (nSPS) is 11.0. The molecule has 2 aromatic heterocycles. The first-order valence-electron chi connectivity index (χ1n) is 11.0. The van der Waals surface area contributed by atoms with Crippen LogP contribution in [0.3, 0.4) is 0 Å². The number of hydrogen-bond donors (Lipinski definition) is 2. The van der Waals surface area contributed by atoms with E-state index in [4.69, 9.17) is 21.8 Å². The first-order chi connectivity index (χ1) is 15.8. The van der Waals surface area contributed by atoms with Gasteiger partial charge in [-0.3, -0.25) is 19.1 Å². The highest BCUT2D eigenvalue weighted by Gasteiger charge is 2.24. The number of nitrogens with zero attached hydrogens (tertiary/aromatic N) is 3. The molecule has 1 aromatic carbocycles. The highest BCUT2D eigenvalue weighted by molar-refractivity contribution is 6.30. The van der Waals surface area contributed by atoms with Gasteiger partial charge in [-0.05, 0) is 37.1 Å². The van der Waals surface area contributed by atoms with Crippen LogP contribution in [-0.4, -0.2) is 27.0 Å². The predicted octanol–water partition coefficient (Wildman–Crippen LogP) is 3.60. The van der Waals surface area contributed by atoms with Gasteiger partial charge in [0, 0.05) is 36.5 Å². The Balaban J connectivity index is 1.79. The summed E-state index contributed by atoms with van der Waals surface area (Å²) < 4.78 is 7.08. The molecule has 2 heterocycles. The maximum Gasteiger partial charge on any atom is 0.330 e. The Morgan fingerprint density at radius 1 is 1.21 bits per heavy atom. The van der Waals surface area contributed by atoms with E-state index in [1.807, 2.05) is 26.0 Å². The molecule has 33 heavy (non-hydrogen) atoms. The van der Waals surface area contributed by atoms with E-state index in [0.29, 0.717) is 36.2 Å². The highest BCUT2D eigenvalue weighted by Crippen LogP contribution is 2.23. The van der Waals surface area contributed by atoms with Crippen molar-refractivity contribution >= 4 is 29.0 Å². The number of nitrogen functional groups attached to an aromatic ring is 1. The van der Waals surface area contributed by atoms with Gasteiger partial charge in [-0.2, -0.15) is 0 Å². The number of H-pyrrole nitrogens is 1. The van der Waals surface area contributed by atoms with Crippen LogP contribution in [0.25, 0.3) is 11.3 Å². The Kier molecular flexibility index (Phi) is 8.11. The summed E-state index contributed by atoms with van der Waals surface area (Å²) >= 11 is 5.92. The van der Waals surface area contributed by atoms with Gasteiger partial charge in [0.2, 0.25) is 5.91 Å². The van der Waals surface area contributed by atoms with Gasteiger partial charge in [-0.1, -0.05) is 31.9 Å². The zero-order valence-electron chi connectivity index (χ0n) is 18.8. The molecule has 9 nitrogen and oxygen atoms in total. The van der Waals surface area contributed by atoms with Crippen LogP contribution in [0.2, 0.25) is 5.02 Å². The number of halogens is 1. The summed E-state index contributed by atoms with van der Waals surface area (Å²) in [5.41, 5.74) is 5.77. The number of aryl methyl sites for hydroxylation is 1. The van der Waals surface area contributed by atoms with E-state index in [0.717, 1.165) is 18.4 Å². The molecule has 0 aliphatic heterocycles. The second-order valence-corrected chi connectivity index (χ2v) is 8.11. The molecule has 0 bridgehead atoms. The Labute approximate surface area is 196 Å². The molecular formula is C23H28ClN5O4. The molecule has 3 rings (SSSR count). The van der Waals surface area contributed by atoms with Crippen LogP contribution in [-0.2, 0) is 17.8 Å².